The summed E-state index contributed by atoms with van der Waals surface area (Å²) >= 11 is 0. The maximum atomic E-state index is 2.53. The van der Waals surface area contributed by atoms with Crippen LogP contribution in [0.25, 0.3) is 16.6 Å². The zero-order valence-electron chi connectivity index (χ0n) is 14.1. The molecule has 3 aromatic carbocycles. The SMILES string of the molecule is c1ccc(CN2Cc3c(n(-c4ccccc4)c4ccccc34)C2)cc1. The lowest BCUT2D eigenvalue weighted by Crippen LogP contribution is -2.17. The van der Waals surface area contributed by atoms with Crippen molar-refractivity contribution in [1.82, 2.24) is 9.47 Å². The summed E-state index contributed by atoms with van der Waals surface area (Å²) in [6.45, 7) is 3.01. The summed E-state index contributed by atoms with van der Waals surface area (Å²) in [5.74, 6) is 0. The van der Waals surface area contributed by atoms with Crippen molar-refractivity contribution < 1.29 is 0 Å². The van der Waals surface area contributed by atoms with Gasteiger partial charge in [0, 0.05) is 36.4 Å². The summed E-state index contributed by atoms with van der Waals surface area (Å²) in [5, 5.41) is 1.39. The summed E-state index contributed by atoms with van der Waals surface area (Å²) < 4.78 is 2.44. The van der Waals surface area contributed by atoms with Crippen LogP contribution in [0.2, 0.25) is 0 Å². The Morgan fingerprint density at radius 3 is 2.16 bits per heavy atom. The van der Waals surface area contributed by atoms with Crippen LogP contribution in [0, 0.1) is 0 Å². The van der Waals surface area contributed by atoms with Gasteiger partial charge in [-0.15, -0.1) is 0 Å². The zero-order chi connectivity index (χ0) is 16.6. The van der Waals surface area contributed by atoms with Crippen LogP contribution in [0.1, 0.15) is 16.8 Å². The van der Waals surface area contributed by atoms with Crippen LogP contribution in [-0.2, 0) is 19.6 Å². The first kappa shape index (κ1) is 14.5. The fourth-order valence-electron chi connectivity index (χ4n) is 4.02. The highest BCUT2D eigenvalue weighted by atomic mass is 15.2. The van der Waals surface area contributed by atoms with E-state index in [9.17, 15) is 0 Å². The standard InChI is InChI=1S/C23H20N2/c1-3-9-18(10-4-1)15-24-16-21-20-13-7-8-14-22(20)25(23(21)17-24)19-11-5-2-6-12-19/h1-14H,15-17H2. The molecule has 0 amide bonds. The molecular formula is C23H20N2. The Morgan fingerprint density at radius 2 is 1.36 bits per heavy atom. The highest BCUT2D eigenvalue weighted by Crippen LogP contribution is 2.36. The van der Waals surface area contributed by atoms with Gasteiger partial charge >= 0.3 is 0 Å². The molecule has 0 saturated heterocycles. The van der Waals surface area contributed by atoms with Crippen LogP contribution >= 0.6 is 0 Å². The summed E-state index contributed by atoms with van der Waals surface area (Å²) in [5.41, 5.74) is 6.86. The number of aromatic nitrogens is 1. The third-order valence-corrected chi connectivity index (χ3v) is 5.11. The maximum absolute atomic E-state index is 2.53. The molecule has 0 aliphatic carbocycles. The third kappa shape index (κ3) is 2.46. The monoisotopic (exact) mass is 324 g/mol. The van der Waals surface area contributed by atoms with Gasteiger partial charge in [0.2, 0.25) is 0 Å². The fraction of sp³-hybridized carbons (Fsp3) is 0.130. The molecule has 25 heavy (non-hydrogen) atoms. The van der Waals surface area contributed by atoms with E-state index in [2.05, 4.69) is 94.4 Å². The second-order valence-corrected chi connectivity index (χ2v) is 6.74. The van der Waals surface area contributed by atoms with Crippen molar-refractivity contribution in [2.75, 3.05) is 0 Å². The summed E-state index contributed by atoms with van der Waals surface area (Å²) in [6.07, 6.45) is 0. The van der Waals surface area contributed by atoms with Gasteiger partial charge in [0.05, 0.1) is 5.52 Å². The van der Waals surface area contributed by atoms with Crippen molar-refractivity contribution in [2.24, 2.45) is 0 Å². The van der Waals surface area contributed by atoms with Gasteiger partial charge in [0.15, 0.2) is 0 Å². The summed E-state index contributed by atoms with van der Waals surface area (Å²) in [6, 6.07) is 30.3. The lowest BCUT2D eigenvalue weighted by atomic mass is 10.1. The number of para-hydroxylation sites is 2. The van der Waals surface area contributed by atoms with E-state index >= 15 is 0 Å². The molecule has 0 fully saturated rings. The molecule has 0 atom stereocenters. The number of rotatable bonds is 3. The van der Waals surface area contributed by atoms with Gasteiger partial charge in [-0.1, -0.05) is 66.7 Å². The van der Waals surface area contributed by atoms with Crippen molar-refractivity contribution in [3.8, 4) is 5.69 Å². The van der Waals surface area contributed by atoms with Crippen LogP contribution in [0.5, 0.6) is 0 Å². The van der Waals surface area contributed by atoms with Gasteiger partial charge in [-0.05, 0) is 29.3 Å². The van der Waals surface area contributed by atoms with Crippen molar-refractivity contribution in [1.29, 1.82) is 0 Å². The molecule has 122 valence electrons. The Morgan fingerprint density at radius 1 is 0.680 bits per heavy atom. The average Bonchev–Trinajstić information content (AvgIpc) is 3.19. The van der Waals surface area contributed by atoms with Gasteiger partial charge in [0.25, 0.3) is 0 Å². The van der Waals surface area contributed by atoms with E-state index < -0.39 is 0 Å². The molecule has 0 unspecified atom stereocenters. The molecular weight excluding hydrogens is 304 g/mol. The second-order valence-electron chi connectivity index (χ2n) is 6.74. The molecule has 0 saturated carbocycles. The van der Waals surface area contributed by atoms with E-state index in [-0.39, 0.29) is 0 Å². The summed E-state index contributed by atoms with van der Waals surface area (Å²) in [7, 11) is 0. The van der Waals surface area contributed by atoms with E-state index in [4.69, 9.17) is 0 Å². The minimum Gasteiger partial charge on any atom is -0.312 e. The van der Waals surface area contributed by atoms with Gasteiger partial charge in [-0.3, -0.25) is 4.90 Å². The molecule has 1 aromatic heterocycles. The number of nitrogens with zero attached hydrogens (tertiary/aromatic N) is 2. The smallest absolute Gasteiger partial charge is 0.0535 e. The second kappa shape index (κ2) is 5.91. The van der Waals surface area contributed by atoms with Crippen LogP contribution < -0.4 is 0 Å². The highest BCUT2D eigenvalue weighted by molar-refractivity contribution is 5.87. The molecule has 2 nitrogen and oxygen atoms in total. The fourth-order valence-corrected chi connectivity index (χ4v) is 4.02. The quantitative estimate of drug-likeness (QED) is 0.506. The molecule has 2 heterocycles. The molecule has 0 bridgehead atoms. The zero-order valence-corrected chi connectivity index (χ0v) is 14.1. The van der Waals surface area contributed by atoms with E-state index in [0.717, 1.165) is 19.6 Å². The predicted molar refractivity (Wildman–Crippen MR) is 103 cm³/mol. The maximum Gasteiger partial charge on any atom is 0.0535 e. The topological polar surface area (TPSA) is 8.17 Å². The first-order chi connectivity index (χ1) is 12.4. The predicted octanol–water partition coefficient (Wildman–Crippen LogP) is 5.15. The Hall–Kier alpha value is -2.84. The van der Waals surface area contributed by atoms with E-state index in [0.29, 0.717) is 0 Å². The Bertz CT molecular complexity index is 1020. The van der Waals surface area contributed by atoms with Crippen molar-refractivity contribution in [3.05, 3.63) is 102 Å². The number of hydrogen-bond donors (Lipinski definition) is 0. The molecule has 0 spiro atoms. The van der Waals surface area contributed by atoms with Gasteiger partial charge in [-0.25, -0.2) is 0 Å². The van der Waals surface area contributed by atoms with Crippen LogP contribution in [0.15, 0.2) is 84.9 Å². The first-order valence-electron chi connectivity index (χ1n) is 8.83. The number of fused-ring (bicyclic) bond motifs is 3. The van der Waals surface area contributed by atoms with Gasteiger partial charge < -0.3 is 4.57 Å². The molecule has 1 aliphatic heterocycles. The van der Waals surface area contributed by atoms with Gasteiger partial charge in [0.1, 0.15) is 0 Å². The van der Waals surface area contributed by atoms with E-state index in [1.54, 1.807) is 0 Å². The molecule has 2 heteroatoms. The number of benzene rings is 3. The molecule has 4 aromatic rings. The highest BCUT2D eigenvalue weighted by Gasteiger charge is 2.27. The molecule has 0 N–H and O–H groups in total. The molecule has 5 rings (SSSR count). The lowest BCUT2D eigenvalue weighted by molar-refractivity contribution is 0.273. The third-order valence-electron chi connectivity index (χ3n) is 5.11. The minimum absolute atomic E-state index is 0.994. The van der Waals surface area contributed by atoms with Crippen LogP contribution in [0.3, 0.4) is 0 Å². The first-order valence-corrected chi connectivity index (χ1v) is 8.83. The molecule has 1 aliphatic rings. The number of hydrogen-bond acceptors (Lipinski definition) is 1. The van der Waals surface area contributed by atoms with Crippen LogP contribution in [-0.4, -0.2) is 9.47 Å². The van der Waals surface area contributed by atoms with E-state index in [1.807, 2.05) is 0 Å². The lowest BCUT2D eigenvalue weighted by Gasteiger charge is -2.17. The summed E-state index contributed by atoms with van der Waals surface area (Å²) in [4.78, 5) is 2.53. The average molecular weight is 324 g/mol. The molecule has 0 radical (unpaired) electrons. The van der Waals surface area contributed by atoms with Crippen LogP contribution in [0.4, 0.5) is 0 Å². The van der Waals surface area contributed by atoms with Crippen molar-refractivity contribution in [3.63, 3.8) is 0 Å². The normalized spacial score (nSPS) is 14.1. The van der Waals surface area contributed by atoms with Gasteiger partial charge in [-0.2, -0.15) is 0 Å². The Balaban J connectivity index is 1.58. The minimum atomic E-state index is 0.994. The van der Waals surface area contributed by atoms with E-state index in [1.165, 1.54) is 33.4 Å². The largest absolute Gasteiger partial charge is 0.312 e. The Kier molecular flexibility index (Phi) is 3.43. The Labute approximate surface area is 147 Å². The van der Waals surface area contributed by atoms with Crippen molar-refractivity contribution in [2.45, 2.75) is 19.6 Å². The van der Waals surface area contributed by atoms with Crippen molar-refractivity contribution >= 4 is 10.9 Å².